The lowest BCUT2D eigenvalue weighted by Gasteiger charge is -2.36. The third-order valence-electron chi connectivity index (χ3n) is 7.32. The highest BCUT2D eigenvalue weighted by molar-refractivity contribution is 7.80. The lowest BCUT2D eigenvalue weighted by atomic mass is 9.95. The van der Waals surface area contributed by atoms with E-state index in [4.69, 9.17) is 22.9 Å². The SMILES string of the molecule is CCNC(=S)N1CCN(c2cc(N)nc(NCc3ccc(CNCCCNC4CCCCC4)cc3)n2)CC1. The van der Waals surface area contributed by atoms with Gasteiger partial charge in [-0.1, -0.05) is 43.5 Å². The smallest absolute Gasteiger partial charge is 0.226 e. The van der Waals surface area contributed by atoms with E-state index in [1.54, 1.807) is 0 Å². The second-order valence-corrected chi connectivity index (χ2v) is 10.7. The van der Waals surface area contributed by atoms with E-state index in [1.165, 1.54) is 49.7 Å². The zero-order chi connectivity index (χ0) is 26.6. The third-order valence-corrected chi connectivity index (χ3v) is 7.73. The van der Waals surface area contributed by atoms with Gasteiger partial charge < -0.3 is 36.8 Å². The number of nitrogens with two attached hydrogens (primary N) is 1. The molecular formula is C28H45N9S. The van der Waals surface area contributed by atoms with Gasteiger partial charge in [0.15, 0.2) is 5.11 Å². The predicted molar refractivity (Wildman–Crippen MR) is 161 cm³/mol. The number of aromatic nitrogens is 2. The molecule has 4 rings (SSSR count). The van der Waals surface area contributed by atoms with Crippen molar-refractivity contribution in [2.75, 3.05) is 61.8 Å². The Morgan fingerprint density at radius 1 is 0.974 bits per heavy atom. The number of hydrogen-bond donors (Lipinski definition) is 5. The molecule has 1 saturated carbocycles. The fourth-order valence-electron chi connectivity index (χ4n) is 5.11. The van der Waals surface area contributed by atoms with Gasteiger partial charge in [0.2, 0.25) is 5.95 Å². The monoisotopic (exact) mass is 539 g/mol. The number of benzene rings is 1. The summed E-state index contributed by atoms with van der Waals surface area (Å²) < 4.78 is 0. The largest absolute Gasteiger partial charge is 0.383 e. The minimum absolute atomic E-state index is 0.471. The van der Waals surface area contributed by atoms with Crippen LogP contribution in [0, 0.1) is 0 Å². The van der Waals surface area contributed by atoms with Gasteiger partial charge in [0.05, 0.1) is 0 Å². The Kier molecular flexibility index (Phi) is 11.2. The van der Waals surface area contributed by atoms with Crippen molar-refractivity contribution < 1.29 is 0 Å². The van der Waals surface area contributed by atoms with Crippen molar-refractivity contribution in [1.29, 1.82) is 0 Å². The first-order valence-corrected chi connectivity index (χ1v) is 14.7. The highest BCUT2D eigenvalue weighted by Crippen LogP contribution is 2.19. The zero-order valence-electron chi connectivity index (χ0n) is 22.8. The Hall–Kier alpha value is -2.69. The van der Waals surface area contributed by atoms with E-state index in [1.807, 2.05) is 6.07 Å². The van der Waals surface area contributed by atoms with Crippen LogP contribution in [-0.4, -0.2) is 71.8 Å². The maximum atomic E-state index is 6.11. The first-order valence-electron chi connectivity index (χ1n) is 14.3. The van der Waals surface area contributed by atoms with Crippen LogP contribution < -0.4 is 31.9 Å². The van der Waals surface area contributed by atoms with Crippen molar-refractivity contribution in [2.24, 2.45) is 0 Å². The average molecular weight is 540 g/mol. The van der Waals surface area contributed by atoms with Crippen LogP contribution in [0.25, 0.3) is 0 Å². The second-order valence-electron chi connectivity index (χ2n) is 10.3. The molecule has 1 saturated heterocycles. The summed E-state index contributed by atoms with van der Waals surface area (Å²) in [5.74, 6) is 1.88. The van der Waals surface area contributed by atoms with E-state index in [-0.39, 0.29) is 0 Å². The maximum Gasteiger partial charge on any atom is 0.226 e. The summed E-state index contributed by atoms with van der Waals surface area (Å²) in [5, 5.41) is 14.7. The molecule has 0 amide bonds. The first kappa shape index (κ1) is 28.3. The molecule has 38 heavy (non-hydrogen) atoms. The molecule has 2 fully saturated rings. The van der Waals surface area contributed by atoms with Crippen LogP contribution in [0.5, 0.6) is 0 Å². The molecule has 1 aliphatic heterocycles. The number of nitrogens with zero attached hydrogens (tertiary/aromatic N) is 4. The van der Waals surface area contributed by atoms with Gasteiger partial charge in [0.25, 0.3) is 0 Å². The van der Waals surface area contributed by atoms with Gasteiger partial charge >= 0.3 is 0 Å². The molecule has 2 aliphatic rings. The molecule has 0 spiro atoms. The first-order chi connectivity index (χ1) is 18.6. The van der Waals surface area contributed by atoms with Gasteiger partial charge in [-0.05, 0) is 62.6 Å². The molecule has 9 nitrogen and oxygen atoms in total. The fourth-order valence-corrected chi connectivity index (χ4v) is 5.44. The number of hydrogen-bond acceptors (Lipinski definition) is 8. The fraction of sp³-hybridized carbons (Fsp3) is 0.607. The Morgan fingerprint density at radius 3 is 2.39 bits per heavy atom. The topological polar surface area (TPSA) is 106 Å². The number of nitrogens with one attached hydrogen (secondary N) is 4. The van der Waals surface area contributed by atoms with Crippen LogP contribution in [0.15, 0.2) is 30.3 Å². The van der Waals surface area contributed by atoms with Gasteiger partial charge in [-0.25, -0.2) is 0 Å². The maximum absolute atomic E-state index is 6.11. The van der Waals surface area contributed by atoms with Gasteiger partial charge in [-0.3, -0.25) is 0 Å². The molecular weight excluding hydrogens is 494 g/mol. The molecule has 1 aromatic heterocycles. The van der Waals surface area contributed by atoms with E-state index >= 15 is 0 Å². The van der Waals surface area contributed by atoms with Gasteiger partial charge in [0.1, 0.15) is 11.6 Å². The van der Waals surface area contributed by atoms with E-state index in [9.17, 15) is 0 Å². The lowest BCUT2D eigenvalue weighted by molar-refractivity contribution is 0.371. The van der Waals surface area contributed by atoms with Gasteiger partial charge in [0, 0.05) is 57.9 Å². The molecule has 2 aromatic rings. The number of anilines is 3. The summed E-state index contributed by atoms with van der Waals surface area (Å²) in [6.45, 7) is 9.99. The van der Waals surface area contributed by atoms with E-state index < -0.39 is 0 Å². The summed E-state index contributed by atoms with van der Waals surface area (Å²) in [7, 11) is 0. The highest BCUT2D eigenvalue weighted by Gasteiger charge is 2.20. The molecule has 0 radical (unpaired) electrons. The predicted octanol–water partition coefficient (Wildman–Crippen LogP) is 3.09. The van der Waals surface area contributed by atoms with Crippen LogP contribution in [-0.2, 0) is 13.1 Å². The van der Waals surface area contributed by atoms with Crippen molar-refractivity contribution in [3.8, 4) is 0 Å². The van der Waals surface area contributed by atoms with Crippen molar-refractivity contribution in [2.45, 2.75) is 64.6 Å². The molecule has 0 atom stereocenters. The summed E-state index contributed by atoms with van der Waals surface area (Å²) in [5.41, 5.74) is 8.59. The molecule has 0 bridgehead atoms. The summed E-state index contributed by atoms with van der Waals surface area (Å²) >= 11 is 5.45. The molecule has 208 valence electrons. The van der Waals surface area contributed by atoms with Gasteiger partial charge in [-0.15, -0.1) is 0 Å². The number of piperazine rings is 1. The molecule has 1 aromatic carbocycles. The van der Waals surface area contributed by atoms with Crippen molar-refractivity contribution in [3.05, 3.63) is 41.5 Å². The third kappa shape index (κ3) is 8.96. The van der Waals surface area contributed by atoms with E-state index in [0.717, 1.165) is 69.3 Å². The van der Waals surface area contributed by atoms with Crippen molar-refractivity contribution in [1.82, 2.24) is 30.8 Å². The number of nitrogen functional groups attached to an aromatic ring is 1. The van der Waals surface area contributed by atoms with Crippen LogP contribution in [0.4, 0.5) is 17.6 Å². The molecule has 0 unspecified atom stereocenters. The Morgan fingerprint density at radius 2 is 1.68 bits per heavy atom. The Labute approximate surface area is 233 Å². The van der Waals surface area contributed by atoms with Crippen LogP contribution in [0.3, 0.4) is 0 Å². The highest BCUT2D eigenvalue weighted by atomic mass is 32.1. The van der Waals surface area contributed by atoms with E-state index in [0.29, 0.717) is 18.3 Å². The second kappa shape index (κ2) is 15.0. The normalized spacial score (nSPS) is 16.4. The Bertz CT molecular complexity index is 986. The molecule has 2 heterocycles. The lowest BCUT2D eigenvalue weighted by Crippen LogP contribution is -2.52. The number of rotatable bonds is 12. The zero-order valence-corrected chi connectivity index (χ0v) is 23.7. The quantitative estimate of drug-likeness (QED) is 0.204. The molecule has 10 heteroatoms. The van der Waals surface area contributed by atoms with Crippen LogP contribution >= 0.6 is 12.2 Å². The summed E-state index contributed by atoms with van der Waals surface area (Å²) in [6.07, 6.45) is 8.06. The molecule has 6 N–H and O–H groups in total. The van der Waals surface area contributed by atoms with E-state index in [2.05, 4.69) is 67.2 Å². The van der Waals surface area contributed by atoms with Gasteiger partial charge in [-0.2, -0.15) is 9.97 Å². The van der Waals surface area contributed by atoms with Crippen LogP contribution in [0.2, 0.25) is 0 Å². The minimum atomic E-state index is 0.471. The Balaban J connectivity index is 1.17. The van der Waals surface area contributed by atoms with Crippen LogP contribution in [0.1, 0.15) is 56.6 Å². The molecule has 1 aliphatic carbocycles. The minimum Gasteiger partial charge on any atom is -0.383 e. The summed E-state index contributed by atoms with van der Waals surface area (Å²) in [6, 6.07) is 11.3. The average Bonchev–Trinajstić information content (AvgIpc) is 2.95. The summed E-state index contributed by atoms with van der Waals surface area (Å²) in [4.78, 5) is 13.6. The number of thiocarbonyl (C=S) groups is 1. The van der Waals surface area contributed by atoms with Crippen molar-refractivity contribution in [3.63, 3.8) is 0 Å². The van der Waals surface area contributed by atoms with Crippen molar-refractivity contribution >= 4 is 34.9 Å². The standard InChI is InChI=1S/C28H45N9S/c1-2-31-28(38)37-17-15-36(16-18-37)26-19-25(29)34-27(35-26)33-21-23-11-9-22(10-12-23)20-30-13-6-14-32-24-7-4-3-5-8-24/h9-12,19,24,30,32H,2-8,13-18,20-21H2,1H3,(H,31,38)(H3,29,33,34,35).